The van der Waals surface area contributed by atoms with Crippen LogP contribution < -0.4 is 4.74 Å². The van der Waals surface area contributed by atoms with E-state index in [2.05, 4.69) is 33.6 Å². The molecule has 0 unspecified atom stereocenters. The summed E-state index contributed by atoms with van der Waals surface area (Å²) in [5.41, 5.74) is 2.86. The van der Waals surface area contributed by atoms with Crippen molar-refractivity contribution in [2.45, 2.75) is 30.8 Å². The average molecular weight is 414 g/mol. The number of hydrogen-bond acceptors (Lipinski definition) is 5. The van der Waals surface area contributed by atoms with E-state index in [9.17, 15) is 0 Å². The summed E-state index contributed by atoms with van der Waals surface area (Å²) in [6.45, 7) is 4.26. The fourth-order valence-electron chi connectivity index (χ4n) is 3.00. The zero-order chi connectivity index (χ0) is 19.7. The van der Waals surface area contributed by atoms with E-state index in [4.69, 9.17) is 16.3 Å². The van der Waals surface area contributed by atoms with E-state index in [0.717, 1.165) is 33.6 Å². The maximum Gasteiger partial charge on any atom is 0.192 e. The molecule has 4 rings (SSSR count). The largest absolute Gasteiger partial charge is 0.497 e. The van der Waals surface area contributed by atoms with Gasteiger partial charge in [-0.2, -0.15) is 0 Å². The number of methoxy groups -OCH3 is 1. The highest BCUT2D eigenvalue weighted by atomic mass is 35.5. The summed E-state index contributed by atoms with van der Waals surface area (Å²) < 4.78 is 9.33. The van der Waals surface area contributed by atoms with Crippen LogP contribution in [0, 0.1) is 0 Å². The fraction of sp³-hybridized carbons (Fsp3) is 0.250. The van der Waals surface area contributed by atoms with Gasteiger partial charge in [-0.15, -0.1) is 10.2 Å². The van der Waals surface area contributed by atoms with E-state index in [1.165, 1.54) is 0 Å². The average Bonchev–Trinajstić information content (AvgIpc) is 3.29. The van der Waals surface area contributed by atoms with E-state index in [0.29, 0.717) is 10.8 Å². The molecule has 0 bridgehead atoms. The number of pyridine rings is 1. The van der Waals surface area contributed by atoms with E-state index in [-0.39, 0.29) is 6.04 Å². The van der Waals surface area contributed by atoms with Crippen LogP contribution in [0.25, 0.3) is 17.0 Å². The molecule has 0 radical (unpaired) electrons. The second-order valence-corrected chi connectivity index (χ2v) is 8.01. The van der Waals surface area contributed by atoms with Crippen LogP contribution in [0.5, 0.6) is 5.75 Å². The summed E-state index contributed by atoms with van der Waals surface area (Å²) in [4.78, 5) is 4.64. The lowest BCUT2D eigenvalue weighted by Crippen LogP contribution is -2.05. The highest BCUT2D eigenvalue weighted by Crippen LogP contribution is 2.30. The highest BCUT2D eigenvalue weighted by molar-refractivity contribution is 7.98. The van der Waals surface area contributed by atoms with Crippen molar-refractivity contribution in [3.63, 3.8) is 0 Å². The van der Waals surface area contributed by atoms with Crippen molar-refractivity contribution < 1.29 is 4.74 Å². The quantitative estimate of drug-likeness (QED) is 0.410. The molecule has 0 aliphatic carbocycles. The normalized spacial score (nSPS) is 11.5. The zero-order valence-corrected chi connectivity index (χ0v) is 17.4. The van der Waals surface area contributed by atoms with Crippen LogP contribution in [-0.2, 0) is 5.75 Å². The van der Waals surface area contributed by atoms with Gasteiger partial charge >= 0.3 is 0 Å². The summed E-state index contributed by atoms with van der Waals surface area (Å²) in [6, 6.07) is 11.9. The van der Waals surface area contributed by atoms with E-state index in [1.54, 1.807) is 18.9 Å². The van der Waals surface area contributed by atoms with E-state index < -0.39 is 0 Å². The van der Waals surface area contributed by atoms with E-state index in [1.807, 2.05) is 53.2 Å². The number of nitrogens with zero attached hydrogens (tertiary/aromatic N) is 5. The molecule has 28 heavy (non-hydrogen) atoms. The van der Waals surface area contributed by atoms with Gasteiger partial charge < -0.3 is 9.14 Å². The van der Waals surface area contributed by atoms with Crippen molar-refractivity contribution in [1.29, 1.82) is 0 Å². The molecule has 0 atom stereocenters. The maximum absolute atomic E-state index is 6.05. The van der Waals surface area contributed by atoms with Crippen LogP contribution in [0.2, 0.25) is 5.02 Å². The van der Waals surface area contributed by atoms with Crippen LogP contribution in [-0.4, -0.2) is 31.3 Å². The Kier molecular flexibility index (Phi) is 5.28. The lowest BCUT2D eigenvalue weighted by atomic mass is 10.2. The number of benzene rings is 1. The third kappa shape index (κ3) is 3.72. The molecule has 6 nitrogen and oxygen atoms in total. The molecule has 1 aromatic carbocycles. The first-order chi connectivity index (χ1) is 13.5. The molecule has 0 spiro atoms. The molecule has 0 aliphatic heterocycles. The summed E-state index contributed by atoms with van der Waals surface area (Å²) in [5.74, 6) is 2.37. The molecule has 3 aromatic heterocycles. The van der Waals surface area contributed by atoms with E-state index >= 15 is 0 Å². The predicted molar refractivity (Wildman–Crippen MR) is 112 cm³/mol. The van der Waals surface area contributed by atoms with Gasteiger partial charge in [0.1, 0.15) is 11.4 Å². The van der Waals surface area contributed by atoms with Gasteiger partial charge in [0.25, 0.3) is 0 Å². The Balaban J connectivity index is 1.59. The van der Waals surface area contributed by atoms with Gasteiger partial charge in [0.15, 0.2) is 11.0 Å². The topological polar surface area (TPSA) is 57.2 Å². The van der Waals surface area contributed by atoms with Crippen molar-refractivity contribution in [2.24, 2.45) is 0 Å². The smallest absolute Gasteiger partial charge is 0.192 e. The molecule has 0 fully saturated rings. The molecule has 0 N–H and O–H groups in total. The van der Waals surface area contributed by atoms with Crippen LogP contribution in [0.4, 0.5) is 0 Å². The summed E-state index contributed by atoms with van der Waals surface area (Å²) in [5, 5.41) is 10.4. The molecule has 0 amide bonds. The Labute approximate surface area is 172 Å². The van der Waals surface area contributed by atoms with Crippen molar-refractivity contribution in [2.75, 3.05) is 7.11 Å². The molecular weight excluding hydrogens is 394 g/mol. The lowest BCUT2D eigenvalue weighted by molar-refractivity contribution is 0.415. The fourth-order valence-corrected chi connectivity index (χ4v) is 4.12. The zero-order valence-electron chi connectivity index (χ0n) is 15.8. The molecule has 0 saturated carbocycles. The third-order valence-corrected chi connectivity index (χ3v) is 5.54. The number of imidazole rings is 1. The minimum absolute atomic E-state index is 0.231. The van der Waals surface area contributed by atoms with Crippen molar-refractivity contribution >= 4 is 29.0 Å². The summed E-state index contributed by atoms with van der Waals surface area (Å²) in [6.07, 6.45) is 3.85. The minimum Gasteiger partial charge on any atom is -0.497 e. The van der Waals surface area contributed by atoms with Gasteiger partial charge in [0, 0.05) is 29.8 Å². The van der Waals surface area contributed by atoms with Crippen LogP contribution >= 0.6 is 23.4 Å². The second kappa shape index (κ2) is 7.85. The lowest BCUT2D eigenvalue weighted by Gasteiger charge is -2.13. The minimum atomic E-state index is 0.231. The number of thioether (sulfide) groups is 1. The van der Waals surface area contributed by atoms with Gasteiger partial charge in [0.05, 0.1) is 17.8 Å². The summed E-state index contributed by atoms with van der Waals surface area (Å²) in [7, 11) is 1.66. The molecular formula is C20H20ClN5OS. The number of halogens is 1. The molecule has 3 heterocycles. The number of rotatable bonds is 6. The first kappa shape index (κ1) is 18.8. The Bertz CT molecular complexity index is 1100. The number of fused-ring (bicyclic) bond motifs is 1. The number of hydrogen-bond donors (Lipinski definition) is 0. The van der Waals surface area contributed by atoms with Crippen molar-refractivity contribution in [1.82, 2.24) is 24.1 Å². The molecule has 0 aliphatic rings. The van der Waals surface area contributed by atoms with Crippen LogP contribution in [0.3, 0.4) is 0 Å². The van der Waals surface area contributed by atoms with Gasteiger partial charge in [-0.1, -0.05) is 23.4 Å². The Morgan fingerprint density at radius 3 is 2.57 bits per heavy atom. The van der Waals surface area contributed by atoms with Crippen LogP contribution in [0.15, 0.2) is 53.9 Å². The van der Waals surface area contributed by atoms with Gasteiger partial charge in [-0.05, 0) is 50.2 Å². The van der Waals surface area contributed by atoms with Crippen molar-refractivity contribution in [3.05, 3.63) is 59.5 Å². The molecule has 4 aromatic rings. The number of ether oxygens (including phenoxy) is 1. The van der Waals surface area contributed by atoms with Gasteiger partial charge in [-0.25, -0.2) is 4.98 Å². The monoisotopic (exact) mass is 413 g/mol. The van der Waals surface area contributed by atoms with Crippen LogP contribution in [0.1, 0.15) is 25.6 Å². The Hall–Kier alpha value is -2.51. The standard InChI is InChI=1S/C20H20ClN5OS/c1-13(2)26-19(14-4-7-17(27-3)8-5-14)23-24-20(26)28-12-16-11-25-10-15(21)6-9-18(25)22-16/h4-11,13H,12H2,1-3H3. The van der Waals surface area contributed by atoms with Crippen molar-refractivity contribution in [3.8, 4) is 17.1 Å². The van der Waals surface area contributed by atoms with Gasteiger partial charge in [0.2, 0.25) is 0 Å². The Morgan fingerprint density at radius 2 is 1.86 bits per heavy atom. The predicted octanol–water partition coefficient (Wildman–Crippen LogP) is 5.13. The number of aromatic nitrogens is 5. The summed E-state index contributed by atoms with van der Waals surface area (Å²) >= 11 is 7.68. The maximum atomic E-state index is 6.05. The molecule has 144 valence electrons. The molecule has 0 saturated heterocycles. The van der Waals surface area contributed by atoms with Gasteiger partial charge in [-0.3, -0.25) is 4.57 Å². The molecule has 8 heteroatoms. The first-order valence-corrected chi connectivity index (χ1v) is 10.3. The Morgan fingerprint density at radius 1 is 1.07 bits per heavy atom. The highest BCUT2D eigenvalue weighted by Gasteiger charge is 2.17. The SMILES string of the molecule is COc1ccc(-c2nnc(SCc3cn4cc(Cl)ccc4n3)n2C(C)C)cc1. The first-order valence-electron chi connectivity index (χ1n) is 8.90. The third-order valence-electron chi connectivity index (χ3n) is 4.34. The second-order valence-electron chi connectivity index (χ2n) is 6.63.